The van der Waals surface area contributed by atoms with Gasteiger partial charge in [0.2, 0.25) is 0 Å². The third-order valence-electron chi connectivity index (χ3n) is 4.17. The maximum atomic E-state index is 12.7. The summed E-state index contributed by atoms with van der Waals surface area (Å²) in [6.45, 7) is 5.33. The van der Waals surface area contributed by atoms with Gasteiger partial charge in [0.25, 0.3) is 11.7 Å². The van der Waals surface area contributed by atoms with Gasteiger partial charge in [-0.1, -0.05) is 35.9 Å². The van der Waals surface area contributed by atoms with E-state index in [1.807, 2.05) is 37.3 Å². The molecule has 0 aliphatic carbocycles. The zero-order valence-electron chi connectivity index (χ0n) is 14.7. The number of rotatable bonds is 4. The second-order valence-corrected chi connectivity index (χ2v) is 6.47. The number of para-hydroxylation sites is 1. The number of ketones is 1. The fraction of sp³-hybridized carbons (Fsp3) is 0.150. The van der Waals surface area contributed by atoms with Crippen molar-refractivity contribution in [3.8, 4) is 5.69 Å². The van der Waals surface area contributed by atoms with Crippen LogP contribution in [0.4, 0.5) is 5.69 Å². The van der Waals surface area contributed by atoms with Crippen LogP contribution in [0.3, 0.4) is 0 Å². The molecule has 0 unspecified atom stereocenters. The highest BCUT2D eigenvalue weighted by atomic mass is 35.5. The Labute approximate surface area is 156 Å². The molecule has 6 heteroatoms. The second kappa shape index (κ2) is 7.14. The first-order chi connectivity index (χ1) is 12.4. The molecule has 5 nitrogen and oxygen atoms in total. The Morgan fingerprint density at radius 3 is 2.42 bits per heavy atom. The fourth-order valence-corrected chi connectivity index (χ4v) is 2.99. The molecule has 3 aromatic rings. The number of halogens is 1. The van der Waals surface area contributed by atoms with Crippen molar-refractivity contribution in [3.05, 3.63) is 76.1 Å². The summed E-state index contributed by atoms with van der Waals surface area (Å²) in [6.07, 6.45) is 0. The van der Waals surface area contributed by atoms with Crippen LogP contribution >= 0.6 is 11.6 Å². The van der Waals surface area contributed by atoms with Gasteiger partial charge in [-0.05, 0) is 50.6 Å². The number of benzene rings is 2. The van der Waals surface area contributed by atoms with Gasteiger partial charge in [0.05, 0.1) is 22.6 Å². The van der Waals surface area contributed by atoms with Crippen LogP contribution in [0.25, 0.3) is 5.69 Å². The van der Waals surface area contributed by atoms with Gasteiger partial charge in [-0.25, -0.2) is 4.68 Å². The normalized spacial score (nSPS) is 10.6. The molecule has 132 valence electrons. The van der Waals surface area contributed by atoms with Crippen molar-refractivity contribution in [3.63, 3.8) is 0 Å². The number of carbonyl (C=O) groups excluding carboxylic acids is 2. The van der Waals surface area contributed by atoms with E-state index in [2.05, 4.69) is 10.4 Å². The number of Topliss-reactive ketones (excluding diaryl/α,β-unsaturated/α-hetero) is 1. The highest BCUT2D eigenvalue weighted by Crippen LogP contribution is 2.22. The van der Waals surface area contributed by atoms with Crippen LogP contribution in [-0.4, -0.2) is 21.5 Å². The van der Waals surface area contributed by atoms with Gasteiger partial charge in [0.15, 0.2) is 0 Å². The molecule has 1 amide bonds. The number of anilines is 1. The topological polar surface area (TPSA) is 64.0 Å². The van der Waals surface area contributed by atoms with Gasteiger partial charge in [-0.15, -0.1) is 0 Å². The van der Waals surface area contributed by atoms with E-state index in [0.29, 0.717) is 27.7 Å². The van der Waals surface area contributed by atoms with Gasteiger partial charge < -0.3 is 5.32 Å². The number of aryl methyl sites for hydroxylation is 2. The fourth-order valence-electron chi connectivity index (χ4n) is 2.81. The third-order valence-corrected chi connectivity index (χ3v) is 4.41. The molecule has 0 fully saturated rings. The minimum atomic E-state index is -0.714. The predicted octanol–water partition coefficient (Wildman–Crippen LogP) is 4.27. The highest BCUT2D eigenvalue weighted by molar-refractivity contribution is 6.47. The summed E-state index contributed by atoms with van der Waals surface area (Å²) in [6, 6.07) is 14.6. The molecule has 26 heavy (non-hydrogen) atoms. The van der Waals surface area contributed by atoms with E-state index in [9.17, 15) is 9.59 Å². The quantitative estimate of drug-likeness (QED) is 0.553. The minimum Gasteiger partial charge on any atom is -0.319 e. The van der Waals surface area contributed by atoms with Crippen LogP contribution in [0, 0.1) is 20.8 Å². The molecule has 3 rings (SSSR count). The van der Waals surface area contributed by atoms with Crippen molar-refractivity contribution in [1.29, 1.82) is 0 Å². The summed E-state index contributed by atoms with van der Waals surface area (Å²) in [4.78, 5) is 25.2. The van der Waals surface area contributed by atoms with Gasteiger partial charge in [0.1, 0.15) is 0 Å². The minimum absolute atomic E-state index is 0.311. The zero-order valence-corrected chi connectivity index (χ0v) is 15.5. The summed E-state index contributed by atoms with van der Waals surface area (Å²) >= 11 is 5.97. The van der Waals surface area contributed by atoms with Crippen molar-refractivity contribution in [2.45, 2.75) is 20.8 Å². The van der Waals surface area contributed by atoms with Gasteiger partial charge in [0, 0.05) is 10.7 Å². The van der Waals surface area contributed by atoms with Gasteiger partial charge in [-0.2, -0.15) is 5.10 Å². The van der Waals surface area contributed by atoms with Crippen molar-refractivity contribution in [2.75, 3.05) is 5.32 Å². The monoisotopic (exact) mass is 367 g/mol. The van der Waals surface area contributed by atoms with Gasteiger partial charge >= 0.3 is 0 Å². The predicted molar refractivity (Wildman–Crippen MR) is 102 cm³/mol. The van der Waals surface area contributed by atoms with E-state index in [0.717, 1.165) is 11.3 Å². The number of amides is 1. The van der Waals surface area contributed by atoms with Crippen molar-refractivity contribution in [1.82, 2.24) is 9.78 Å². The van der Waals surface area contributed by atoms with E-state index in [1.54, 1.807) is 36.7 Å². The summed E-state index contributed by atoms with van der Waals surface area (Å²) in [5.41, 5.74) is 3.61. The molecule has 1 N–H and O–H groups in total. The average Bonchev–Trinajstić information content (AvgIpc) is 2.92. The lowest BCUT2D eigenvalue weighted by molar-refractivity contribution is -0.112. The summed E-state index contributed by atoms with van der Waals surface area (Å²) in [5, 5.41) is 7.55. The Hall–Kier alpha value is -2.92. The zero-order chi connectivity index (χ0) is 18.8. The number of nitrogens with one attached hydrogen (secondary N) is 1. The van der Waals surface area contributed by atoms with E-state index in [-0.39, 0.29) is 0 Å². The van der Waals surface area contributed by atoms with Crippen molar-refractivity contribution < 1.29 is 9.59 Å². The SMILES string of the molecule is Cc1ccc(Cl)cc1NC(=O)C(=O)c1c(C)nn(-c2ccccc2)c1C. The lowest BCUT2D eigenvalue weighted by Crippen LogP contribution is -2.24. The largest absolute Gasteiger partial charge is 0.319 e. The van der Waals surface area contributed by atoms with E-state index in [1.165, 1.54) is 0 Å². The molecule has 1 aromatic heterocycles. The number of aromatic nitrogens is 2. The Bertz CT molecular complexity index is 994. The standard InChI is InChI=1S/C20H18ClN3O2/c1-12-9-10-15(21)11-17(12)22-20(26)19(25)18-13(2)23-24(14(18)3)16-7-5-4-6-8-16/h4-11H,1-3H3,(H,22,26). The Kier molecular flexibility index (Phi) is 4.91. The first-order valence-electron chi connectivity index (χ1n) is 8.12. The molecule has 0 spiro atoms. The molecule has 0 atom stereocenters. The number of nitrogens with zero attached hydrogens (tertiary/aromatic N) is 2. The second-order valence-electron chi connectivity index (χ2n) is 6.04. The van der Waals surface area contributed by atoms with Crippen molar-refractivity contribution >= 4 is 29.0 Å². The first kappa shape index (κ1) is 17.9. The lowest BCUT2D eigenvalue weighted by Gasteiger charge is -2.09. The molecule has 0 aliphatic heterocycles. The Morgan fingerprint density at radius 1 is 1.04 bits per heavy atom. The van der Waals surface area contributed by atoms with Gasteiger partial charge in [-0.3, -0.25) is 9.59 Å². The van der Waals surface area contributed by atoms with Crippen LogP contribution in [0.2, 0.25) is 5.02 Å². The van der Waals surface area contributed by atoms with E-state index in [4.69, 9.17) is 11.6 Å². The first-order valence-corrected chi connectivity index (χ1v) is 8.49. The Balaban J connectivity index is 1.92. The summed E-state index contributed by atoms with van der Waals surface area (Å²) in [7, 11) is 0. The molecule has 0 bridgehead atoms. The van der Waals surface area contributed by atoms with Crippen LogP contribution < -0.4 is 5.32 Å². The number of hydrogen-bond donors (Lipinski definition) is 1. The average molecular weight is 368 g/mol. The molecule has 0 saturated carbocycles. The van der Waals surface area contributed by atoms with Crippen LogP contribution in [0.5, 0.6) is 0 Å². The van der Waals surface area contributed by atoms with Crippen molar-refractivity contribution in [2.24, 2.45) is 0 Å². The van der Waals surface area contributed by atoms with Crippen LogP contribution in [0.15, 0.2) is 48.5 Å². The molecular formula is C20H18ClN3O2. The maximum Gasteiger partial charge on any atom is 0.296 e. The van der Waals surface area contributed by atoms with E-state index < -0.39 is 11.7 Å². The summed E-state index contributed by atoms with van der Waals surface area (Å²) < 4.78 is 1.67. The smallest absolute Gasteiger partial charge is 0.296 e. The molecule has 2 aromatic carbocycles. The third kappa shape index (κ3) is 3.39. The lowest BCUT2D eigenvalue weighted by atomic mass is 10.1. The highest BCUT2D eigenvalue weighted by Gasteiger charge is 2.25. The molecule has 0 radical (unpaired) electrons. The number of hydrogen-bond acceptors (Lipinski definition) is 3. The van der Waals surface area contributed by atoms with E-state index >= 15 is 0 Å². The summed E-state index contributed by atoms with van der Waals surface area (Å²) in [5.74, 6) is -1.34. The maximum absolute atomic E-state index is 12.7. The Morgan fingerprint density at radius 2 is 1.73 bits per heavy atom. The number of carbonyl (C=O) groups is 2. The van der Waals surface area contributed by atoms with Crippen LogP contribution in [0.1, 0.15) is 27.3 Å². The molecule has 0 saturated heterocycles. The molecule has 1 heterocycles. The molecular weight excluding hydrogens is 350 g/mol. The van der Waals surface area contributed by atoms with Crippen LogP contribution in [-0.2, 0) is 4.79 Å². The molecule has 0 aliphatic rings.